The molecule has 0 spiro atoms. The van der Waals surface area contributed by atoms with Gasteiger partial charge in [0.1, 0.15) is 0 Å². The van der Waals surface area contributed by atoms with Gasteiger partial charge in [-0.25, -0.2) is 8.78 Å². The first-order chi connectivity index (χ1) is 10.0. The Balaban J connectivity index is 2.08. The van der Waals surface area contributed by atoms with E-state index in [0.29, 0.717) is 10.6 Å². The van der Waals surface area contributed by atoms with Gasteiger partial charge in [-0.1, -0.05) is 11.8 Å². The van der Waals surface area contributed by atoms with Crippen molar-refractivity contribution < 1.29 is 8.78 Å². The number of pyridine rings is 1. The Morgan fingerprint density at radius 1 is 1.05 bits per heavy atom. The van der Waals surface area contributed by atoms with Crippen LogP contribution in [0, 0.1) is 11.6 Å². The molecule has 0 bridgehead atoms. The monoisotopic (exact) mass is 366 g/mol. The number of rotatable bonds is 2. The summed E-state index contributed by atoms with van der Waals surface area (Å²) in [6.07, 6.45) is 1.68. The molecule has 0 fully saturated rings. The van der Waals surface area contributed by atoms with Crippen LogP contribution in [0.25, 0.3) is 10.9 Å². The van der Waals surface area contributed by atoms with Gasteiger partial charge in [0.25, 0.3) is 0 Å². The standard InChI is InChI=1S/C15H9BrF2N2S/c16-8-5-10-13(19)3-4-14(15(10)20-7-8)21-9-1-2-11(17)12(18)6-9/h1-7H,19H2. The van der Waals surface area contributed by atoms with Crippen molar-refractivity contribution in [2.24, 2.45) is 0 Å². The summed E-state index contributed by atoms with van der Waals surface area (Å²) in [7, 11) is 0. The third kappa shape index (κ3) is 2.87. The zero-order chi connectivity index (χ0) is 15.0. The Morgan fingerprint density at radius 2 is 1.86 bits per heavy atom. The van der Waals surface area contributed by atoms with Gasteiger partial charge in [0.2, 0.25) is 0 Å². The minimum Gasteiger partial charge on any atom is -0.398 e. The van der Waals surface area contributed by atoms with Gasteiger partial charge in [-0.3, -0.25) is 4.98 Å². The van der Waals surface area contributed by atoms with Crippen molar-refractivity contribution >= 4 is 44.3 Å². The van der Waals surface area contributed by atoms with Crippen LogP contribution in [-0.4, -0.2) is 4.98 Å². The number of benzene rings is 2. The van der Waals surface area contributed by atoms with E-state index in [1.54, 1.807) is 12.3 Å². The maximum Gasteiger partial charge on any atom is 0.159 e. The highest BCUT2D eigenvalue weighted by Gasteiger charge is 2.09. The predicted octanol–water partition coefficient (Wildman–Crippen LogP) is 5.01. The predicted molar refractivity (Wildman–Crippen MR) is 84.3 cm³/mol. The average Bonchev–Trinajstić information content (AvgIpc) is 2.46. The molecule has 3 rings (SSSR count). The van der Waals surface area contributed by atoms with Crippen molar-refractivity contribution in [3.63, 3.8) is 0 Å². The maximum atomic E-state index is 13.3. The summed E-state index contributed by atoms with van der Waals surface area (Å²) in [6, 6.07) is 9.29. The number of hydrogen-bond acceptors (Lipinski definition) is 3. The van der Waals surface area contributed by atoms with E-state index in [-0.39, 0.29) is 0 Å². The second-order valence-corrected chi connectivity index (χ2v) is 6.41. The number of nitrogen functional groups attached to an aromatic ring is 1. The first kappa shape index (κ1) is 14.3. The molecule has 0 amide bonds. The second kappa shape index (κ2) is 5.61. The molecular weight excluding hydrogens is 358 g/mol. The van der Waals surface area contributed by atoms with E-state index in [1.807, 2.05) is 12.1 Å². The highest BCUT2D eigenvalue weighted by atomic mass is 79.9. The fourth-order valence-electron chi connectivity index (χ4n) is 1.94. The lowest BCUT2D eigenvalue weighted by atomic mass is 10.2. The second-order valence-electron chi connectivity index (χ2n) is 4.38. The Morgan fingerprint density at radius 3 is 2.62 bits per heavy atom. The van der Waals surface area contributed by atoms with Gasteiger partial charge in [-0.05, 0) is 52.3 Å². The molecular formula is C15H9BrF2N2S. The van der Waals surface area contributed by atoms with Gasteiger partial charge in [0.05, 0.1) is 5.52 Å². The molecule has 0 aliphatic heterocycles. The Bertz CT molecular complexity index is 839. The molecule has 0 aliphatic carbocycles. The van der Waals surface area contributed by atoms with E-state index in [1.165, 1.54) is 23.9 Å². The quantitative estimate of drug-likeness (QED) is 0.648. The number of aromatic nitrogens is 1. The number of fused-ring (bicyclic) bond motifs is 1. The first-order valence-corrected chi connectivity index (χ1v) is 7.62. The molecule has 106 valence electrons. The molecule has 2 aromatic carbocycles. The molecule has 2 N–H and O–H groups in total. The first-order valence-electron chi connectivity index (χ1n) is 6.01. The van der Waals surface area contributed by atoms with Gasteiger partial charge in [-0.2, -0.15) is 0 Å². The normalized spacial score (nSPS) is 11.0. The van der Waals surface area contributed by atoms with Crippen LogP contribution in [0.15, 0.2) is 56.9 Å². The lowest BCUT2D eigenvalue weighted by molar-refractivity contribution is 0.506. The van der Waals surface area contributed by atoms with Crippen LogP contribution in [0.4, 0.5) is 14.5 Å². The highest BCUT2D eigenvalue weighted by molar-refractivity contribution is 9.10. The number of nitrogens with two attached hydrogens (primary N) is 1. The van der Waals surface area contributed by atoms with Crippen molar-refractivity contribution in [3.8, 4) is 0 Å². The summed E-state index contributed by atoms with van der Waals surface area (Å²) < 4.78 is 27.1. The molecule has 0 aliphatic rings. The summed E-state index contributed by atoms with van der Waals surface area (Å²) in [4.78, 5) is 5.79. The molecule has 1 heterocycles. The van der Waals surface area contributed by atoms with Crippen LogP contribution in [0.5, 0.6) is 0 Å². The fraction of sp³-hybridized carbons (Fsp3) is 0. The van der Waals surface area contributed by atoms with E-state index in [0.717, 1.165) is 26.3 Å². The topological polar surface area (TPSA) is 38.9 Å². The van der Waals surface area contributed by atoms with Crippen LogP contribution < -0.4 is 5.73 Å². The third-order valence-electron chi connectivity index (χ3n) is 2.93. The van der Waals surface area contributed by atoms with Crippen LogP contribution in [0.3, 0.4) is 0 Å². The average molecular weight is 367 g/mol. The zero-order valence-electron chi connectivity index (χ0n) is 10.6. The summed E-state index contributed by atoms with van der Waals surface area (Å²) in [5, 5.41) is 0.817. The van der Waals surface area contributed by atoms with Crippen molar-refractivity contribution in [3.05, 3.63) is 58.7 Å². The molecule has 0 radical (unpaired) electrons. The Kier molecular flexibility index (Phi) is 3.82. The molecule has 6 heteroatoms. The van der Waals surface area contributed by atoms with E-state index in [9.17, 15) is 8.78 Å². The van der Waals surface area contributed by atoms with E-state index in [2.05, 4.69) is 20.9 Å². The molecule has 21 heavy (non-hydrogen) atoms. The smallest absolute Gasteiger partial charge is 0.159 e. The summed E-state index contributed by atoms with van der Waals surface area (Å²) >= 11 is 4.67. The Labute approximate surface area is 132 Å². The summed E-state index contributed by atoms with van der Waals surface area (Å²) in [5.41, 5.74) is 7.30. The summed E-state index contributed by atoms with van der Waals surface area (Å²) in [6.45, 7) is 0. The van der Waals surface area contributed by atoms with E-state index in [4.69, 9.17) is 5.73 Å². The SMILES string of the molecule is Nc1ccc(Sc2ccc(F)c(F)c2)c2ncc(Br)cc12. The molecule has 3 aromatic rings. The van der Waals surface area contributed by atoms with Gasteiger partial charge in [0.15, 0.2) is 11.6 Å². The number of anilines is 1. The maximum absolute atomic E-state index is 13.3. The molecule has 0 atom stereocenters. The minimum atomic E-state index is -0.865. The minimum absolute atomic E-state index is 0.602. The zero-order valence-corrected chi connectivity index (χ0v) is 13.0. The van der Waals surface area contributed by atoms with Crippen LogP contribution in [-0.2, 0) is 0 Å². The van der Waals surface area contributed by atoms with Gasteiger partial charge < -0.3 is 5.73 Å². The molecule has 0 unspecified atom stereocenters. The van der Waals surface area contributed by atoms with Crippen LogP contribution in [0.2, 0.25) is 0 Å². The molecule has 1 aromatic heterocycles. The molecule has 2 nitrogen and oxygen atoms in total. The highest BCUT2D eigenvalue weighted by Crippen LogP contribution is 2.36. The number of nitrogens with zero attached hydrogens (tertiary/aromatic N) is 1. The van der Waals surface area contributed by atoms with Crippen molar-refractivity contribution in [2.45, 2.75) is 9.79 Å². The molecule has 0 saturated heterocycles. The third-order valence-corrected chi connectivity index (χ3v) is 4.40. The van der Waals surface area contributed by atoms with Gasteiger partial charge in [-0.15, -0.1) is 0 Å². The van der Waals surface area contributed by atoms with Crippen LogP contribution in [0.1, 0.15) is 0 Å². The summed E-state index contributed by atoms with van der Waals surface area (Å²) in [5.74, 6) is -1.72. The van der Waals surface area contributed by atoms with E-state index >= 15 is 0 Å². The van der Waals surface area contributed by atoms with Crippen molar-refractivity contribution in [2.75, 3.05) is 5.73 Å². The number of halogens is 3. The Hall–Kier alpha value is -1.66. The van der Waals surface area contributed by atoms with Gasteiger partial charge in [0, 0.05) is 31.5 Å². The lowest BCUT2D eigenvalue weighted by Gasteiger charge is -2.08. The largest absolute Gasteiger partial charge is 0.398 e. The van der Waals surface area contributed by atoms with Crippen LogP contribution >= 0.6 is 27.7 Å². The molecule has 0 saturated carbocycles. The fourth-order valence-corrected chi connectivity index (χ4v) is 3.22. The number of hydrogen-bond donors (Lipinski definition) is 1. The van der Waals surface area contributed by atoms with E-state index < -0.39 is 11.6 Å². The van der Waals surface area contributed by atoms with Gasteiger partial charge >= 0.3 is 0 Å². The van der Waals surface area contributed by atoms with Crippen molar-refractivity contribution in [1.82, 2.24) is 4.98 Å². The van der Waals surface area contributed by atoms with Crippen molar-refractivity contribution in [1.29, 1.82) is 0 Å². The lowest BCUT2D eigenvalue weighted by Crippen LogP contribution is -1.91.